The van der Waals surface area contributed by atoms with Crippen molar-refractivity contribution in [1.29, 1.82) is 0 Å². The van der Waals surface area contributed by atoms with Crippen LogP contribution in [0.4, 0.5) is 11.4 Å². The molecule has 0 atom stereocenters. The van der Waals surface area contributed by atoms with Crippen molar-refractivity contribution in [1.82, 2.24) is 10.2 Å². The van der Waals surface area contributed by atoms with Gasteiger partial charge in [-0.25, -0.2) is 5.10 Å². The Kier molecular flexibility index (Phi) is 5.84. The summed E-state index contributed by atoms with van der Waals surface area (Å²) in [4.78, 5) is 46.1. The second-order valence-electron chi connectivity index (χ2n) is 5.85. The van der Waals surface area contributed by atoms with Gasteiger partial charge in [-0.05, 0) is 18.2 Å². The van der Waals surface area contributed by atoms with Crippen LogP contribution in [0.15, 0.2) is 47.3 Å². The van der Waals surface area contributed by atoms with Gasteiger partial charge < -0.3 is 10.1 Å². The molecule has 0 spiro atoms. The molecule has 0 aliphatic carbocycles. The van der Waals surface area contributed by atoms with Crippen LogP contribution in [-0.4, -0.2) is 33.6 Å². The largest absolute Gasteiger partial charge is 0.455 e. The fourth-order valence-corrected chi connectivity index (χ4v) is 2.75. The summed E-state index contributed by atoms with van der Waals surface area (Å²) in [6.07, 6.45) is -0.272. The number of nitrogens with zero attached hydrogens (tertiary/aromatic N) is 2. The van der Waals surface area contributed by atoms with Crippen molar-refractivity contribution in [2.45, 2.75) is 6.42 Å². The topological polar surface area (TPSA) is 144 Å². The summed E-state index contributed by atoms with van der Waals surface area (Å²) in [7, 11) is 0. The number of ether oxygens (including phenoxy) is 1. The van der Waals surface area contributed by atoms with Crippen molar-refractivity contribution in [3.8, 4) is 0 Å². The van der Waals surface area contributed by atoms with E-state index in [1.165, 1.54) is 12.1 Å². The molecule has 0 bridgehead atoms. The van der Waals surface area contributed by atoms with Gasteiger partial charge in [0.1, 0.15) is 5.69 Å². The number of aromatic amines is 1. The molecule has 2 N–H and O–H groups in total. The van der Waals surface area contributed by atoms with E-state index in [1.807, 2.05) is 0 Å². The van der Waals surface area contributed by atoms with Crippen LogP contribution in [0.5, 0.6) is 0 Å². The second kappa shape index (κ2) is 8.48. The molecule has 0 aliphatic heterocycles. The molecule has 1 amide bonds. The average molecular weight is 417 g/mol. The predicted octanol–water partition coefficient (Wildman–Crippen LogP) is 2.21. The fraction of sp³-hybridized carbons (Fsp3) is 0.111. The first-order valence-electron chi connectivity index (χ1n) is 8.21. The molecule has 0 radical (unpaired) electrons. The highest BCUT2D eigenvalue weighted by atomic mass is 35.5. The number of H-pyrrole nitrogens is 1. The van der Waals surface area contributed by atoms with Crippen LogP contribution in [0.3, 0.4) is 0 Å². The summed E-state index contributed by atoms with van der Waals surface area (Å²) in [5.41, 5.74) is -0.560. The van der Waals surface area contributed by atoms with Crippen LogP contribution in [0.1, 0.15) is 5.69 Å². The summed E-state index contributed by atoms with van der Waals surface area (Å²) in [5, 5.41) is 20.5. The van der Waals surface area contributed by atoms with Crippen LogP contribution in [-0.2, 0) is 20.7 Å². The van der Waals surface area contributed by atoms with Crippen LogP contribution in [0, 0.1) is 10.1 Å². The second-order valence-corrected chi connectivity index (χ2v) is 6.29. The first-order chi connectivity index (χ1) is 13.8. The zero-order chi connectivity index (χ0) is 21.0. The molecule has 0 saturated carbocycles. The van der Waals surface area contributed by atoms with Crippen molar-refractivity contribution in [3.63, 3.8) is 0 Å². The number of rotatable bonds is 6. The van der Waals surface area contributed by atoms with Crippen molar-refractivity contribution in [3.05, 3.63) is 73.6 Å². The van der Waals surface area contributed by atoms with Gasteiger partial charge in [0.2, 0.25) is 0 Å². The summed E-state index contributed by atoms with van der Waals surface area (Å²) >= 11 is 5.71. The number of nitro benzene ring substituents is 1. The Bertz CT molecular complexity index is 1180. The highest BCUT2D eigenvalue weighted by Crippen LogP contribution is 2.27. The molecule has 3 aromatic rings. The van der Waals surface area contributed by atoms with E-state index in [9.17, 15) is 24.5 Å². The van der Waals surface area contributed by atoms with Gasteiger partial charge in [0.15, 0.2) is 6.61 Å². The standard InChI is InChI=1S/C18H13ClN4O6/c19-10-5-6-13(15(7-10)23(27)28)20-16(24)9-29-17(25)8-14-11-3-1-2-4-12(11)18(26)22-21-14/h1-7H,8-9H2,(H,20,24)(H,22,26). The lowest BCUT2D eigenvalue weighted by Gasteiger charge is -2.08. The van der Waals surface area contributed by atoms with Crippen molar-refractivity contribution < 1.29 is 19.2 Å². The van der Waals surface area contributed by atoms with E-state index < -0.39 is 23.4 Å². The summed E-state index contributed by atoms with van der Waals surface area (Å²) < 4.78 is 4.90. The number of hydrogen-bond donors (Lipinski definition) is 2. The zero-order valence-corrected chi connectivity index (χ0v) is 15.4. The number of amides is 1. The lowest BCUT2D eigenvalue weighted by atomic mass is 10.1. The molecule has 10 nitrogen and oxygen atoms in total. The van der Waals surface area contributed by atoms with Crippen LogP contribution < -0.4 is 10.9 Å². The maximum atomic E-state index is 12.1. The molecule has 2 aromatic carbocycles. The van der Waals surface area contributed by atoms with Gasteiger partial charge in [-0.2, -0.15) is 5.10 Å². The van der Waals surface area contributed by atoms with Gasteiger partial charge >= 0.3 is 5.97 Å². The Morgan fingerprint density at radius 3 is 2.66 bits per heavy atom. The third kappa shape index (κ3) is 4.74. The quantitative estimate of drug-likeness (QED) is 0.356. The Morgan fingerprint density at radius 2 is 1.93 bits per heavy atom. The third-order valence-electron chi connectivity index (χ3n) is 3.88. The molecule has 1 heterocycles. The van der Waals surface area contributed by atoms with Crippen molar-refractivity contribution >= 4 is 45.6 Å². The number of nitro groups is 1. The number of aromatic nitrogens is 2. The maximum Gasteiger partial charge on any atom is 0.312 e. The lowest BCUT2D eigenvalue weighted by molar-refractivity contribution is -0.383. The highest BCUT2D eigenvalue weighted by Gasteiger charge is 2.18. The number of hydrogen-bond acceptors (Lipinski definition) is 7. The molecular weight excluding hydrogens is 404 g/mol. The smallest absolute Gasteiger partial charge is 0.312 e. The minimum Gasteiger partial charge on any atom is -0.455 e. The molecular formula is C18H13ClN4O6. The van der Waals surface area contributed by atoms with Crippen molar-refractivity contribution in [2.75, 3.05) is 11.9 Å². The first kappa shape index (κ1) is 20.0. The van der Waals surface area contributed by atoms with Gasteiger partial charge in [-0.3, -0.25) is 24.5 Å². The normalized spacial score (nSPS) is 10.5. The molecule has 3 rings (SSSR count). The van der Waals surface area contributed by atoms with Gasteiger partial charge in [0.25, 0.3) is 17.2 Å². The predicted molar refractivity (Wildman–Crippen MR) is 104 cm³/mol. The van der Waals surface area contributed by atoms with E-state index in [0.29, 0.717) is 16.5 Å². The van der Waals surface area contributed by atoms with E-state index >= 15 is 0 Å². The van der Waals surface area contributed by atoms with E-state index in [1.54, 1.807) is 24.3 Å². The van der Waals surface area contributed by atoms with Gasteiger partial charge in [-0.15, -0.1) is 0 Å². The molecule has 148 valence electrons. The number of benzene rings is 2. The number of fused-ring (bicyclic) bond motifs is 1. The minimum atomic E-state index is -0.761. The SMILES string of the molecule is O=C(COC(=O)Cc1n[nH]c(=O)c2ccccc12)Nc1ccc(Cl)cc1[N+](=O)[O-]. The average Bonchev–Trinajstić information content (AvgIpc) is 2.70. The van der Waals surface area contributed by atoms with Gasteiger partial charge in [-0.1, -0.05) is 29.8 Å². The number of anilines is 1. The number of esters is 1. The summed E-state index contributed by atoms with van der Waals surface area (Å²) in [5.74, 6) is -1.52. The van der Waals surface area contributed by atoms with Gasteiger partial charge in [0, 0.05) is 16.5 Å². The molecule has 0 unspecified atom stereocenters. The molecule has 1 aromatic heterocycles. The monoisotopic (exact) mass is 416 g/mol. The Balaban J connectivity index is 1.63. The van der Waals surface area contributed by atoms with Crippen LogP contribution >= 0.6 is 11.6 Å². The first-order valence-corrected chi connectivity index (χ1v) is 8.58. The van der Waals surface area contributed by atoms with Gasteiger partial charge in [0.05, 0.1) is 22.4 Å². The Hall–Kier alpha value is -3.79. The summed E-state index contributed by atoms with van der Waals surface area (Å²) in [6.45, 7) is -0.653. The van der Waals surface area contributed by atoms with Crippen LogP contribution in [0.25, 0.3) is 10.8 Å². The number of nitrogens with one attached hydrogen (secondary N) is 2. The Morgan fingerprint density at radius 1 is 1.21 bits per heavy atom. The molecule has 0 fully saturated rings. The fourth-order valence-electron chi connectivity index (χ4n) is 2.59. The van der Waals surface area contributed by atoms with E-state index in [4.69, 9.17) is 16.3 Å². The summed E-state index contributed by atoms with van der Waals surface area (Å²) in [6, 6.07) is 10.4. The van der Waals surface area contributed by atoms with E-state index in [2.05, 4.69) is 15.5 Å². The molecule has 0 aliphatic rings. The molecule has 11 heteroatoms. The maximum absolute atomic E-state index is 12.1. The minimum absolute atomic E-state index is 0.0752. The number of halogens is 1. The molecule has 29 heavy (non-hydrogen) atoms. The zero-order valence-electron chi connectivity index (χ0n) is 14.7. The van der Waals surface area contributed by atoms with Crippen molar-refractivity contribution in [2.24, 2.45) is 0 Å². The Labute approximate surface area is 167 Å². The van der Waals surface area contributed by atoms with E-state index in [0.717, 1.165) is 6.07 Å². The molecule has 0 saturated heterocycles. The highest BCUT2D eigenvalue weighted by molar-refractivity contribution is 6.31. The number of carbonyl (C=O) groups is 2. The number of carbonyl (C=O) groups excluding carboxylic acids is 2. The van der Waals surface area contributed by atoms with E-state index in [-0.39, 0.29) is 28.4 Å². The third-order valence-corrected chi connectivity index (χ3v) is 4.12. The van der Waals surface area contributed by atoms with Crippen LogP contribution in [0.2, 0.25) is 5.02 Å². The lowest BCUT2D eigenvalue weighted by Crippen LogP contribution is -2.22.